The van der Waals surface area contributed by atoms with Crippen LogP contribution in [0.3, 0.4) is 0 Å². The number of methoxy groups -OCH3 is 1. The van der Waals surface area contributed by atoms with Crippen molar-refractivity contribution < 1.29 is 13.9 Å². The van der Waals surface area contributed by atoms with Gasteiger partial charge < -0.3 is 10.5 Å². The van der Waals surface area contributed by atoms with Crippen molar-refractivity contribution in [3.63, 3.8) is 0 Å². The van der Waals surface area contributed by atoms with Crippen LogP contribution in [0.25, 0.3) is 21.7 Å². The highest BCUT2D eigenvalue weighted by Crippen LogP contribution is 2.32. The number of benzene rings is 2. The molecule has 2 heterocycles. The van der Waals surface area contributed by atoms with Gasteiger partial charge in [0.2, 0.25) is 0 Å². The number of hydrogen-bond donors (Lipinski definition) is 1. The van der Waals surface area contributed by atoms with E-state index < -0.39 is 5.91 Å². The molecule has 0 atom stereocenters. The third kappa shape index (κ3) is 4.46. The smallest absolute Gasteiger partial charge is 0.269 e. The van der Waals surface area contributed by atoms with Gasteiger partial charge in [-0.15, -0.1) is 11.3 Å². The van der Waals surface area contributed by atoms with Crippen molar-refractivity contribution in [2.24, 2.45) is 5.73 Å². The van der Waals surface area contributed by atoms with Crippen LogP contribution in [0, 0.1) is 12.7 Å². The normalized spacial score (nSPS) is 10.8. The number of halogens is 1. The quantitative estimate of drug-likeness (QED) is 0.463. The summed E-state index contributed by atoms with van der Waals surface area (Å²) in [5.41, 5.74) is 9.32. The number of ether oxygens (including phenoxy) is 1. The average Bonchev–Trinajstić information content (AvgIpc) is 3.22. The Hall–Kier alpha value is -3.58. The van der Waals surface area contributed by atoms with Crippen LogP contribution in [0.4, 0.5) is 4.39 Å². The Bertz CT molecular complexity index is 1270. The van der Waals surface area contributed by atoms with Crippen LogP contribution in [0.15, 0.2) is 60.8 Å². The number of hydrogen-bond acceptors (Lipinski definition) is 5. The summed E-state index contributed by atoms with van der Waals surface area (Å²) in [5.74, 6) is -0.163. The number of nitrogens with two attached hydrogens (primary N) is 1. The lowest BCUT2D eigenvalue weighted by molar-refractivity contribution is 0.0994. The Morgan fingerprint density at radius 1 is 1.13 bits per heavy atom. The fraction of sp³-hybridized carbons (Fsp3) is 0.125. The highest BCUT2D eigenvalue weighted by Gasteiger charge is 2.16. The van der Waals surface area contributed by atoms with Gasteiger partial charge in [-0.3, -0.25) is 4.79 Å². The maximum Gasteiger partial charge on any atom is 0.269 e. The molecule has 0 aliphatic rings. The Morgan fingerprint density at radius 2 is 1.97 bits per heavy atom. The predicted octanol–water partition coefficient (Wildman–Crippen LogP) is 5.02. The Kier molecular flexibility index (Phi) is 5.77. The van der Waals surface area contributed by atoms with Gasteiger partial charge in [0.15, 0.2) is 0 Å². The highest BCUT2D eigenvalue weighted by atomic mass is 32.1. The van der Waals surface area contributed by atoms with E-state index in [1.165, 1.54) is 18.3 Å². The van der Waals surface area contributed by atoms with E-state index in [9.17, 15) is 9.18 Å². The van der Waals surface area contributed by atoms with E-state index in [-0.39, 0.29) is 11.5 Å². The zero-order chi connectivity index (χ0) is 22.0. The summed E-state index contributed by atoms with van der Waals surface area (Å²) in [7, 11) is 1.65. The fourth-order valence-electron chi connectivity index (χ4n) is 3.37. The molecule has 2 aromatic heterocycles. The number of aromatic nitrogens is 2. The minimum absolute atomic E-state index is 0.121. The number of carbonyl (C=O) groups excluding carboxylic acids is 1. The minimum atomic E-state index is -0.643. The molecule has 2 N–H and O–H groups in total. The van der Waals surface area contributed by atoms with Crippen molar-refractivity contribution in [2.45, 2.75) is 13.3 Å². The number of amides is 1. The first-order chi connectivity index (χ1) is 14.9. The summed E-state index contributed by atoms with van der Waals surface area (Å²) in [6, 6.07) is 16.2. The summed E-state index contributed by atoms with van der Waals surface area (Å²) >= 11 is 1.61. The molecule has 31 heavy (non-hydrogen) atoms. The third-order valence-corrected chi connectivity index (χ3v) is 6.02. The molecule has 0 saturated heterocycles. The van der Waals surface area contributed by atoms with E-state index in [0.717, 1.165) is 26.6 Å². The first kappa shape index (κ1) is 20.7. The molecule has 0 unspecified atom stereocenters. The molecule has 1 amide bonds. The molecule has 5 nitrogen and oxygen atoms in total. The lowest BCUT2D eigenvalue weighted by atomic mass is 10.1. The molecule has 2 aromatic carbocycles. The number of aryl methyl sites for hydroxylation is 1. The maximum atomic E-state index is 13.6. The lowest BCUT2D eigenvalue weighted by Gasteiger charge is -2.08. The zero-order valence-electron chi connectivity index (χ0n) is 17.1. The lowest BCUT2D eigenvalue weighted by Crippen LogP contribution is -2.17. The molecule has 0 saturated carbocycles. The highest BCUT2D eigenvalue weighted by molar-refractivity contribution is 7.15. The van der Waals surface area contributed by atoms with Gasteiger partial charge in [0.1, 0.15) is 17.3 Å². The average molecular weight is 434 g/mol. The molecule has 0 aliphatic carbocycles. The SMILES string of the molecule is COc1ccc(-c2ccc(Cc3nc(-c4cccc(F)c4)cnc3C(N)=O)s2)cc1C. The van der Waals surface area contributed by atoms with Crippen LogP contribution in [-0.4, -0.2) is 23.0 Å². The molecule has 4 rings (SSSR count). The van der Waals surface area contributed by atoms with E-state index in [1.54, 1.807) is 30.6 Å². The van der Waals surface area contributed by atoms with Crippen LogP contribution in [-0.2, 0) is 6.42 Å². The van der Waals surface area contributed by atoms with Crippen LogP contribution in [0.1, 0.15) is 26.6 Å². The first-order valence-electron chi connectivity index (χ1n) is 9.60. The maximum absolute atomic E-state index is 13.6. The van der Waals surface area contributed by atoms with Gasteiger partial charge >= 0.3 is 0 Å². The van der Waals surface area contributed by atoms with Crippen molar-refractivity contribution in [1.82, 2.24) is 9.97 Å². The minimum Gasteiger partial charge on any atom is -0.496 e. The fourth-order valence-corrected chi connectivity index (χ4v) is 4.38. The largest absolute Gasteiger partial charge is 0.496 e. The van der Waals surface area contributed by atoms with Crippen LogP contribution < -0.4 is 10.5 Å². The Balaban J connectivity index is 1.66. The molecule has 156 valence electrons. The van der Waals surface area contributed by atoms with Gasteiger partial charge in [0, 0.05) is 21.7 Å². The molecule has 0 fully saturated rings. The number of carbonyl (C=O) groups is 1. The number of nitrogens with zero attached hydrogens (tertiary/aromatic N) is 2. The van der Waals surface area contributed by atoms with Crippen molar-refractivity contribution in [1.29, 1.82) is 0 Å². The van der Waals surface area contributed by atoms with E-state index in [4.69, 9.17) is 10.5 Å². The standard InChI is InChI=1S/C24H20FN3O2S/c1-14-10-16(6-8-21(14)30-2)22-9-7-18(31-22)12-19-23(24(26)29)27-13-20(28-19)15-4-3-5-17(25)11-15/h3-11,13H,12H2,1-2H3,(H2,26,29). The van der Waals surface area contributed by atoms with E-state index in [0.29, 0.717) is 23.4 Å². The van der Waals surface area contributed by atoms with Crippen molar-refractivity contribution in [3.05, 3.63) is 88.4 Å². The summed E-state index contributed by atoms with van der Waals surface area (Å²) in [5, 5.41) is 0. The van der Waals surface area contributed by atoms with Gasteiger partial charge in [-0.1, -0.05) is 12.1 Å². The van der Waals surface area contributed by atoms with Gasteiger partial charge in [-0.25, -0.2) is 14.4 Å². The molecule has 7 heteroatoms. The van der Waals surface area contributed by atoms with Crippen LogP contribution >= 0.6 is 11.3 Å². The number of thiophene rings is 1. The number of rotatable bonds is 6. The van der Waals surface area contributed by atoms with E-state index >= 15 is 0 Å². The van der Waals surface area contributed by atoms with Crippen LogP contribution in [0.2, 0.25) is 0 Å². The predicted molar refractivity (Wildman–Crippen MR) is 120 cm³/mol. The van der Waals surface area contributed by atoms with Crippen molar-refractivity contribution in [2.75, 3.05) is 7.11 Å². The zero-order valence-corrected chi connectivity index (χ0v) is 17.9. The second-order valence-corrected chi connectivity index (χ2v) is 8.22. The summed E-state index contributed by atoms with van der Waals surface area (Å²) in [4.78, 5) is 22.8. The second kappa shape index (κ2) is 8.65. The molecular weight excluding hydrogens is 413 g/mol. The molecule has 4 aromatic rings. The second-order valence-electron chi connectivity index (χ2n) is 7.05. The van der Waals surface area contributed by atoms with E-state index in [2.05, 4.69) is 16.0 Å². The summed E-state index contributed by atoms with van der Waals surface area (Å²) < 4.78 is 19.0. The van der Waals surface area contributed by atoms with Crippen LogP contribution in [0.5, 0.6) is 5.75 Å². The van der Waals surface area contributed by atoms with Gasteiger partial charge in [-0.05, 0) is 60.5 Å². The Labute approximate surface area is 183 Å². The third-order valence-electron chi connectivity index (χ3n) is 4.88. The van der Waals surface area contributed by atoms with Gasteiger partial charge in [0.25, 0.3) is 5.91 Å². The van der Waals surface area contributed by atoms with Crippen molar-refractivity contribution in [3.8, 4) is 27.4 Å². The van der Waals surface area contributed by atoms with Gasteiger partial charge in [0.05, 0.1) is 24.7 Å². The molecule has 0 bridgehead atoms. The molecule has 0 spiro atoms. The summed E-state index contributed by atoms with van der Waals surface area (Å²) in [6.07, 6.45) is 1.84. The Morgan fingerprint density at radius 3 is 2.68 bits per heavy atom. The van der Waals surface area contributed by atoms with E-state index in [1.807, 2.05) is 31.2 Å². The summed E-state index contributed by atoms with van der Waals surface area (Å²) in [6.45, 7) is 2.00. The molecule has 0 radical (unpaired) electrons. The topological polar surface area (TPSA) is 78.1 Å². The van der Waals surface area contributed by atoms with Crippen molar-refractivity contribution >= 4 is 17.2 Å². The van der Waals surface area contributed by atoms with Gasteiger partial charge in [-0.2, -0.15) is 0 Å². The molecule has 0 aliphatic heterocycles. The first-order valence-corrected chi connectivity index (χ1v) is 10.4. The molecular formula is C24H20FN3O2S. The monoisotopic (exact) mass is 433 g/mol. The number of primary amides is 1.